The van der Waals surface area contributed by atoms with E-state index in [1.807, 2.05) is 6.92 Å². The van der Waals surface area contributed by atoms with Crippen LogP contribution in [0.1, 0.15) is 36.2 Å². The fourth-order valence-electron chi connectivity index (χ4n) is 2.18. The fourth-order valence-corrected chi connectivity index (χ4v) is 2.18. The van der Waals surface area contributed by atoms with Gasteiger partial charge in [0.15, 0.2) is 0 Å². The molecule has 116 valence electrons. The summed E-state index contributed by atoms with van der Waals surface area (Å²) in [5.41, 5.74) is -0.582. The van der Waals surface area contributed by atoms with Crippen LogP contribution in [-0.4, -0.2) is 28.6 Å². The Balaban J connectivity index is 2.90. The maximum atomic E-state index is 13.4. The molecule has 0 spiro atoms. The molecule has 0 saturated carbocycles. The topological polar surface area (TPSA) is 92.5 Å². The largest absolute Gasteiger partial charge is 0.393 e. The number of nitrogens with one attached hydrogen (secondary N) is 1. The van der Waals surface area contributed by atoms with Crippen molar-refractivity contribution in [2.45, 2.75) is 33.3 Å². The maximum Gasteiger partial charge on any atom is 0.285 e. The molecule has 0 saturated heterocycles. The van der Waals surface area contributed by atoms with Gasteiger partial charge in [0.25, 0.3) is 11.6 Å². The molecule has 1 amide bonds. The molecule has 21 heavy (non-hydrogen) atoms. The van der Waals surface area contributed by atoms with Crippen molar-refractivity contribution in [2.24, 2.45) is 5.92 Å². The van der Waals surface area contributed by atoms with Gasteiger partial charge in [-0.3, -0.25) is 14.9 Å². The highest BCUT2D eigenvalue weighted by Gasteiger charge is 2.24. The van der Waals surface area contributed by atoms with Crippen molar-refractivity contribution >= 4 is 11.6 Å². The van der Waals surface area contributed by atoms with Crippen LogP contribution in [-0.2, 0) is 0 Å². The van der Waals surface area contributed by atoms with Crippen molar-refractivity contribution in [1.82, 2.24) is 5.32 Å². The highest BCUT2D eigenvalue weighted by Crippen LogP contribution is 2.24. The van der Waals surface area contributed by atoms with E-state index < -0.39 is 28.4 Å². The van der Waals surface area contributed by atoms with Crippen LogP contribution in [0.25, 0.3) is 0 Å². The summed E-state index contributed by atoms with van der Waals surface area (Å²) in [4.78, 5) is 22.3. The third kappa shape index (κ3) is 4.78. The van der Waals surface area contributed by atoms with Crippen LogP contribution >= 0.6 is 0 Å². The summed E-state index contributed by atoms with van der Waals surface area (Å²) >= 11 is 0. The van der Waals surface area contributed by atoms with E-state index in [4.69, 9.17) is 0 Å². The predicted octanol–water partition coefficient (Wildman–Crippen LogP) is 2.18. The van der Waals surface area contributed by atoms with Gasteiger partial charge in [-0.2, -0.15) is 0 Å². The molecular formula is C14H19FN2O4. The molecular weight excluding hydrogens is 279 g/mol. The number of amides is 1. The summed E-state index contributed by atoms with van der Waals surface area (Å²) in [5, 5.41) is 22.8. The van der Waals surface area contributed by atoms with Crippen LogP contribution in [0.3, 0.4) is 0 Å². The number of nitro benzene ring substituents is 1. The molecule has 6 nitrogen and oxygen atoms in total. The summed E-state index contributed by atoms with van der Waals surface area (Å²) < 4.78 is 13.4. The number of aliphatic hydroxyl groups is 1. The van der Waals surface area contributed by atoms with Crippen molar-refractivity contribution < 1.29 is 19.2 Å². The van der Waals surface area contributed by atoms with Gasteiger partial charge in [-0.1, -0.05) is 6.92 Å². The van der Waals surface area contributed by atoms with Gasteiger partial charge in [0.05, 0.1) is 11.0 Å². The van der Waals surface area contributed by atoms with Crippen LogP contribution in [0, 0.1) is 28.8 Å². The molecule has 1 rings (SSSR count). The third-order valence-corrected chi connectivity index (χ3v) is 3.05. The average molecular weight is 298 g/mol. The second kappa shape index (κ2) is 7.12. The first-order valence-electron chi connectivity index (χ1n) is 6.63. The zero-order valence-corrected chi connectivity index (χ0v) is 12.2. The van der Waals surface area contributed by atoms with Crippen molar-refractivity contribution in [2.75, 3.05) is 6.54 Å². The highest BCUT2D eigenvalue weighted by molar-refractivity contribution is 5.98. The van der Waals surface area contributed by atoms with Crippen LogP contribution in [0.15, 0.2) is 12.1 Å². The van der Waals surface area contributed by atoms with E-state index in [9.17, 15) is 24.4 Å². The summed E-state index contributed by atoms with van der Waals surface area (Å²) in [6.45, 7) is 5.10. The molecule has 0 aliphatic carbocycles. The number of benzene rings is 1. The minimum absolute atomic E-state index is 0.00247. The molecule has 2 N–H and O–H groups in total. The summed E-state index contributed by atoms with van der Waals surface area (Å²) in [5.74, 6) is -1.38. The SMILES string of the molecule is Cc1cc(F)cc(C(=O)NCC(C)CC(C)O)c1[N+](=O)[O-]. The van der Waals surface area contributed by atoms with E-state index in [1.165, 1.54) is 6.92 Å². The van der Waals surface area contributed by atoms with Crippen LogP contribution < -0.4 is 5.32 Å². The Morgan fingerprint density at radius 2 is 2.10 bits per heavy atom. The Kier molecular flexibility index (Phi) is 5.78. The molecule has 0 aromatic heterocycles. The Labute approximate surface area is 122 Å². The number of nitrogens with zero attached hydrogens (tertiary/aromatic N) is 1. The predicted molar refractivity (Wildman–Crippen MR) is 75.6 cm³/mol. The molecule has 0 radical (unpaired) electrons. The van der Waals surface area contributed by atoms with E-state index in [-0.39, 0.29) is 23.6 Å². The number of carbonyl (C=O) groups is 1. The molecule has 2 unspecified atom stereocenters. The normalized spacial score (nSPS) is 13.6. The first kappa shape index (κ1) is 17.0. The molecule has 2 atom stereocenters. The number of halogens is 1. The Morgan fingerprint density at radius 1 is 1.48 bits per heavy atom. The molecule has 1 aromatic carbocycles. The lowest BCUT2D eigenvalue weighted by Gasteiger charge is -2.14. The second-order valence-corrected chi connectivity index (χ2v) is 5.28. The van der Waals surface area contributed by atoms with Gasteiger partial charge in [0.1, 0.15) is 11.4 Å². The first-order valence-corrected chi connectivity index (χ1v) is 6.63. The van der Waals surface area contributed by atoms with E-state index >= 15 is 0 Å². The van der Waals surface area contributed by atoms with E-state index in [1.54, 1.807) is 6.92 Å². The lowest BCUT2D eigenvalue weighted by atomic mass is 10.0. The van der Waals surface area contributed by atoms with Gasteiger partial charge < -0.3 is 10.4 Å². The van der Waals surface area contributed by atoms with Crippen molar-refractivity contribution in [3.8, 4) is 0 Å². The Morgan fingerprint density at radius 3 is 2.62 bits per heavy atom. The Hall–Kier alpha value is -2.02. The van der Waals surface area contributed by atoms with Crippen LogP contribution in [0.2, 0.25) is 0 Å². The van der Waals surface area contributed by atoms with E-state index in [0.29, 0.717) is 6.42 Å². The van der Waals surface area contributed by atoms with Crippen LogP contribution in [0.4, 0.5) is 10.1 Å². The van der Waals surface area contributed by atoms with Crippen LogP contribution in [0.5, 0.6) is 0 Å². The van der Waals surface area contributed by atoms with Crippen molar-refractivity contribution in [3.63, 3.8) is 0 Å². The summed E-state index contributed by atoms with van der Waals surface area (Å²) in [6, 6.07) is 1.88. The van der Waals surface area contributed by atoms with Gasteiger partial charge in [0, 0.05) is 12.1 Å². The summed E-state index contributed by atoms with van der Waals surface area (Å²) in [6.07, 6.45) is -0.00692. The number of hydrogen-bond acceptors (Lipinski definition) is 4. The highest BCUT2D eigenvalue weighted by atomic mass is 19.1. The zero-order chi connectivity index (χ0) is 16.2. The lowest BCUT2D eigenvalue weighted by molar-refractivity contribution is -0.385. The number of aryl methyl sites for hydroxylation is 1. The molecule has 0 aliphatic rings. The van der Waals surface area contributed by atoms with Crippen molar-refractivity contribution in [3.05, 3.63) is 39.2 Å². The lowest BCUT2D eigenvalue weighted by Crippen LogP contribution is -2.30. The number of aliphatic hydroxyl groups excluding tert-OH is 1. The van der Waals surface area contributed by atoms with E-state index in [0.717, 1.165) is 12.1 Å². The van der Waals surface area contributed by atoms with Gasteiger partial charge >= 0.3 is 0 Å². The zero-order valence-electron chi connectivity index (χ0n) is 12.2. The van der Waals surface area contributed by atoms with E-state index in [2.05, 4.69) is 5.32 Å². The Bertz CT molecular complexity index is 546. The second-order valence-electron chi connectivity index (χ2n) is 5.28. The standard InChI is InChI=1S/C14H19FN2O4/c1-8(4-10(3)18)7-16-14(19)12-6-11(15)5-9(2)13(12)17(20)21/h5-6,8,10,18H,4,7H2,1-3H3,(H,16,19). The molecule has 0 fully saturated rings. The first-order chi connectivity index (χ1) is 9.72. The molecule has 0 heterocycles. The number of hydrogen-bond donors (Lipinski definition) is 2. The molecule has 1 aromatic rings. The number of carbonyl (C=O) groups excluding carboxylic acids is 1. The molecule has 0 aliphatic heterocycles. The van der Waals surface area contributed by atoms with Gasteiger partial charge in [0.2, 0.25) is 0 Å². The minimum Gasteiger partial charge on any atom is -0.393 e. The monoisotopic (exact) mass is 298 g/mol. The molecule has 7 heteroatoms. The minimum atomic E-state index is -0.694. The smallest absolute Gasteiger partial charge is 0.285 e. The fraction of sp³-hybridized carbons (Fsp3) is 0.500. The third-order valence-electron chi connectivity index (χ3n) is 3.05. The van der Waals surface area contributed by atoms with Gasteiger partial charge in [-0.25, -0.2) is 4.39 Å². The number of nitro groups is 1. The van der Waals surface area contributed by atoms with Crippen molar-refractivity contribution in [1.29, 1.82) is 0 Å². The quantitative estimate of drug-likeness (QED) is 0.622. The van der Waals surface area contributed by atoms with Gasteiger partial charge in [-0.15, -0.1) is 0 Å². The number of rotatable bonds is 6. The van der Waals surface area contributed by atoms with Gasteiger partial charge in [-0.05, 0) is 38.3 Å². The summed E-state index contributed by atoms with van der Waals surface area (Å²) in [7, 11) is 0. The average Bonchev–Trinajstić information content (AvgIpc) is 2.33. The molecule has 0 bridgehead atoms. The maximum absolute atomic E-state index is 13.4.